The van der Waals surface area contributed by atoms with E-state index in [1.165, 1.54) is 0 Å². The molecule has 0 amide bonds. The van der Waals surface area contributed by atoms with Crippen LogP contribution in [0, 0.1) is 0 Å². The lowest BCUT2D eigenvalue weighted by Crippen LogP contribution is -2.54. The Morgan fingerprint density at radius 1 is 1.12 bits per heavy atom. The molecule has 1 fully saturated rings. The number of nitrogens with two attached hydrogens (primary N) is 1. The van der Waals surface area contributed by atoms with Crippen molar-refractivity contribution in [2.75, 3.05) is 31.1 Å². The van der Waals surface area contributed by atoms with Crippen LogP contribution in [0.2, 0.25) is 5.02 Å². The van der Waals surface area contributed by atoms with Crippen molar-refractivity contribution in [3.63, 3.8) is 0 Å². The van der Waals surface area contributed by atoms with Gasteiger partial charge in [-0.05, 0) is 29.8 Å². The Labute approximate surface area is 157 Å². The molecule has 1 atom stereocenters. The molecule has 4 rings (SSSR count). The van der Waals surface area contributed by atoms with Crippen molar-refractivity contribution in [2.45, 2.75) is 6.04 Å². The number of nitrogens with one attached hydrogen (secondary N) is 2. The second-order valence-corrected chi connectivity index (χ2v) is 6.76. The smallest absolute Gasteiger partial charge is 0.159 e. The molecule has 26 heavy (non-hydrogen) atoms. The molecule has 4 N–H and O–H groups in total. The molecule has 2 aromatic heterocycles. The molecule has 0 saturated carbocycles. The van der Waals surface area contributed by atoms with Crippen LogP contribution in [0.25, 0.3) is 22.4 Å². The minimum atomic E-state index is 0.214. The van der Waals surface area contributed by atoms with Gasteiger partial charge in [-0.15, -0.1) is 0 Å². The third kappa shape index (κ3) is 3.19. The zero-order valence-electron chi connectivity index (χ0n) is 14.3. The molecular formula is C19H21ClN6. The number of aromatic nitrogens is 3. The summed E-state index contributed by atoms with van der Waals surface area (Å²) in [6.45, 7) is 3.21. The maximum Gasteiger partial charge on any atom is 0.159 e. The van der Waals surface area contributed by atoms with Gasteiger partial charge in [0, 0.05) is 49.2 Å². The van der Waals surface area contributed by atoms with Gasteiger partial charge in [-0.2, -0.15) is 5.10 Å². The maximum absolute atomic E-state index is 6.06. The zero-order valence-corrected chi connectivity index (χ0v) is 15.1. The van der Waals surface area contributed by atoms with Gasteiger partial charge >= 0.3 is 0 Å². The average Bonchev–Trinajstić information content (AvgIpc) is 3.14. The fourth-order valence-electron chi connectivity index (χ4n) is 3.41. The molecule has 0 radical (unpaired) electrons. The molecule has 3 heterocycles. The standard InChI is InChI=1S/C19H21ClN6/c20-15-3-1-14(2-4-15)18-17(13-5-7-22-8-6-13)19(25-24-18)26-10-9-23-12-16(26)11-21/h1-8,16,23H,9-12,21H2,(H,24,25). The van der Waals surface area contributed by atoms with Crippen LogP contribution < -0.4 is 16.0 Å². The summed E-state index contributed by atoms with van der Waals surface area (Å²) in [6, 6.07) is 12.0. The summed E-state index contributed by atoms with van der Waals surface area (Å²) in [6.07, 6.45) is 3.60. The molecule has 1 saturated heterocycles. The third-order valence-corrected chi connectivity index (χ3v) is 5.00. The Bertz CT molecular complexity index is 861. The maximum atomic E-state index is 6.06. The number of hydrogen-bond donors (Lipinski definition) is 3. The largest absolute Gasteiger partial charge is 0.348 e. The van der Waals surface area contributed by atoms with Crippen molar-refractivity contribution in [3.8, 4) is 22.4 Å². The number of hydrogen-bond acceptors (Lipinski definition) is 5. The molecule has 7 heteroatoms. The Kier molecular flexibility index (Phi) is 4.88. The lowest BCUT2D eigenvalue weighted by atomic mass is 10.0. The first-order valence-electron chi connectivity index (χ1n) is 8.70. The van der Waals surface area contributed by atoms with Gasteiger partial charge in [0.1, 0.15) is 0 Å². The van der Waals surface area contributed by atoms with E-state index >= 15 is 0 Å². The van der Waals surface area contributed by atoms with Crippen molar-refractivity contribution >= 4 is 17.4 Å². The topological polar surface area (TPSA) is 82.9 Å². The molecule has 0 spiro atoms. The summed E-state index contributed by atoms with van der Waals surface area (Å²) in [5.74, 6) is 0.929. The van der Waals surface area contributed by atoms with E-state index in [1.54, 1.807) is 12.4 Å². The summed E-state index contributed by atoms with van der Waals surface area (Å²) in [7, 11) is 0. The van der Waals surface area contributed by atoms with E-state index in [4.69, 9.17) is 17.3 Å². The lowest BCUT2D eigenvalue weighted by Gasteiger charge is -2.36. The quantitative estimate of drug-likeness (QED) is 0.659. The fraction of sp³-hybridized carbons (Fsp3) is 0.263. The van der Waals surface area contributed by atoms with E-state index in [0.717, 1.165) is 47.8 Å². The van der Waals surface area contributed by atoms with Crippen LogP contribution >= 0.6 is 11.6 Å². The number of benzene rings is 1. The minimum Gasteiger partial charge on any atom is -0.348 e. The summed E-state index contributed by atoms with van der Waals surface area (Å²) in [4.78, 5) is 6.44. The normalized spacial score (nSPS) is 17.5. The number of pyridine rings is 1. The van der Waals surface area contributed by atoms with Crippen LogP contribution in [-0.2, 0) is 0 Å². The molecule has 3 aromatic rings. The first kappa shape index (κ1) is 17.0. The minimum absolute atomic E-state index is 0.214. The van der Waals surface area contributed by atoms with Gasteiger partial charge in [-0.25, -0.2) is 0 Å². The van der Waals surface area contributed by atoms with Crippen molar-refractivity contribution in [3.05, 3.63) is 53.8 Å². The second-order valence-electron chi connectivity index (χ2n) is 6.33. The van der Waals surface area contributed by atoms with E-state index in [2.05, 4.69) is 25.4 Å². The Morgan fingerprint density at radius 3 is 2.62 bits per heavy atom. The van der Waals surface area contributed by atoms with Crippen molar-refractivity contribution in [1.82, 2.24) is 20.5 Å². The second kappa shape index (κ2) is 7.45. The van der Waals surface area contributed by atoms with Gasteiger partial charge in [-0.3, -0.25) is 10.1 Å². The number of rotatable bonds is 4. The van der Waals surface area contributed by atoms with Crippen molar-refractivity contribution in [1.29, 1.82) is 0 Å². The molecule has 134 valence electrons. The Balaban J connectivity index is 1.86. The predicted octanol–water partition coefficient (Wildman–Crippen LogP) is 2.53. The molecule has 1 aromatic carbocycles. The number of aromatic amines is 1. The van der Waals surface area contributed by atoms with Gasteiger partial charge in [0.2, 0.25) is 0 Å². The molecule has 1 unspecified atom stereocenters. The van der Waals surface area contributed by atoms with Crippen LogP contribution in [0.1, 0.15) is 0 Å². The highest BCUT2D eigenvalue weighted by molar-refractivity contribution is 6.30. The molecule has 0 aliphatic carbocycles. The van der Waals surface area contributed by atoms with Crippen LogP contribution in [-0.4, -0.2) is 47.4 Å². The summed E-state index contributed by atoms with van der Waals surface area (Å²) >= 11 is 6.06. The molecular weight excluding hydrogens is 348 g/mol. The fourth-order valence-corrected chi connectivity index (χ4v) is 3.53. The van der Waals surface area contributed by atoms with Crippen LogP contribution in [0.3, 0.4) is 0 Å². The summed E-state index contributed by atoms with van der Waals surface area (Å²) < 4.78 is 0. The van der Waals surface area contributed by atoms with Gasteiger partial charge in [-0.1, -0.05) is 23.7 Å². The predicted molar refractivity (Wildman–Crippen MR) is 105 cm³/mol. The van der Waals surface area contributed by atoms with E-state index in [9.17, 15) is 0 Å². The summed E-state index contributed by atoms with van der Waals surface area (Å²) in [5, 5.41) is 12.0. The highest BCUT2D eigenvalue weighted by Crippen LogP contribution is 2.38. The lowest BCUT2D eigenvalue weighted by molar-refractivity contribution is 0.478. The molecule has 1 aliphatic heterocycles. The SMILES string of the molecule is NCC1CNCCN1c1n[nH]c(-c2ccc(Cl)cc2)c1-c1ccncc1. The molecule has 1 aliphatic rings. The number of anilines is 1. The number of piperazine rings is 1. The van der Waals surface area contributed by atoms with Crippen LogP contribution in [0.5, 0.6) is 0 Å². The third-order valence-electron chi connectivity index (χ3n) is 4.74. The highest BCUT2D eigenvalue weighted by Gasteiger charge is 2.27. The number of H-pyrrole nitrogens is 1. The Hall–Kier alpha value is -2.41. The van der Waals surface area contributed by atoms with E-state index in [1.807, 2.05) is 36.4 Å². The van der Waals surface area contributed by atoms with Crippen molar-refractivity contribution in [2.24, 2.45) is 5.73 Å². The number of halogens is 1. The van der Waals surface area contributed by atoms with Gasteiger partial charge in [0.05, 0.1) is 17.3 Å². The van der Waals surface area contributed by atoms with Crippen molar-refractivity contribution < 1.29 is 0 Å². The zero-order chi connectivity index (χ0) is 17.9. The monoisotopic (exact) mass is 368 g/mol. The Morgan fingerprint density at radius 2 is 1.88 bits per heavy atom. The van der Waals surface area contributed by atoms with Gasteiger partial charge in [0.15, 0.2) is 5.82 Å². The average molecular weight is 369 g/mol. The van der Waals surface area contributed by atoms with E-state index < -0.39 is 0 Å². The van der Waals surface area contributed by atoms with Gasteiger partial charge in [0.25, 0.3) is 0 Å². The van der Waals surface area contributed by atoms with Crippen LogP contribution in [0.15, 0.2) is 48.8 Å². The van der Waals surface area contributed by atoms with Crippen LogP contribution in [0.4, 0.5) is 5.82 Å². The van der Waals surface area contributed by atoms with E-state index in [0.29, 0.717) is 11.6 Å². The van der Waals surface area contributed by atoms with E-state index in [-0.39, 0.29) is 6.04 Å². The van der Waals surface area contributed by atoms with Gasteiger partial charge < -0.3 is 16.0 Å². The highest BCUT2D eigenvalue weighted by atomic mass is 35.5. The molecule has 6 nitrogen and oxygen atoms in total. The first-order chi connectivity index (χ1) is 12.8. The summed E-state index contributed by atoms with van der Waals surface area (Å²) in [5.41, 5.74) is 10.2. The molecule has 0 bridgehead atoms. The first-order valence-corrected chi connectivity index (χ1v) is 9.08. The number of nitrogens with zero attached hydrogens (tertiary/aromatic N) is 3.